The Balaban J connectivity index is 2.18. The van der Waals surface area contributed by atoms with Crippen molar-refractivity contribution in [2.75, 3.05) is 5.75 Å². The van der Waals surface area contributed by atoms with Gasteiger partial charge in [0.2, 0.25) is 0 Å². The molecule has 0 N–H and O–H groups in total. The van der Waals surface area contributed by atoms with Gasteiger partial charge in [-0.05, 0) is 18.4 Å². The molecule has 1 rings (SSSR count). The molecule has 1 aliphatic heterocycles. The lowest BCUT2D eigenvalue weighted by Gasteiger charge is -2.18. The molecule has 0 unspecified atom stereocenters. The summed E-state index contributed by atoms with van der Waals surface area (Å²) in [6.45, 7) is 2.22. The van der Waals surface area contributed by atoms with E-state index in [1.165, 1.54) is 25.7 Å². The van der Waals surface area contributed by atoms with E-state index in [1.54, 1.807) is 11.9 Å². The minimum atomic E-state index is -0.699. The maximum absolute atomic E-state index is 6.28. The van der Waals surface area contributed by atoms with Crippen molar-refractivity contribution in [3.8, 4) is 0 Å². The average Bonchev–Trinajstić information content (AvgIpc) is 2.70. The van der Waals surface area contributed by atoms with Crippen molar-refractivity contribution in [2.24, 2.45) is 4.40 Å². The molecule has 0 amide bonds. The molecule has 0 spiro atoms. The van der Waals surface area contributed by atoms with Gasteiger partial charge in [0.1, 0.15) is 0 Å². The summed E-state index contributed by atoms with van der Waals surface area (Å²) in [6, 6.07) is 0. The molecule has 0 saturated carbocycles. The number of rotatable bonds is 7. The molecule has 0 fully saturated rings. The average molecular weight is 268 g/mol. The van der Waals surface area contributed by atoms with E-state index in [-0.39, 0.29) is 0 Å². The first-order chi connectivity index (χ1) is 7.17. The van der Waals surface area contributed by atoms with Gasteiger partial charge in [0.15, 0.2) is 4.33 Å². The second-order valence-electron chi connectivity index (χ2n) is 3.99. The fourth-order valence-electron chi connectivity index (χ4n) is 1.66. The molecule has 0 aromatic heterocycles. The van der Waals surface area contributed by atoms with E-state index in [4.69, 9.17) is 23.2 Å². The molecule has 0 radical (unpaired) electrons. The SMILES string of the molecule is CCCCCCCC(Cl)(Cl)C1=NSCC1. The van der Waals surface area contributed by atoms with E-state index in [9.17, 15) is 0 Å². The fourth-order valence-corrected chi connectivity index (χ4v) is 3.08. The van der Waals surface area contributed by atoms with Crippen molar-refractivity contribution in [3.63, 3.8) is 0 Å². The zero-order valence-electron chi connectivity index (χ0n) is 9.27. The maximum atomic E-state index is 6.28. The predicted octanol–water partition coefficient (Wildman–Crippen LogP) is 5.01. The van der Waals surface area contributed by atoms with Crippen LogP contribution < -0.4 is 0 Å². The molecule has 0 atom stereocenters. The first-order valence-electron chi connectivity index (χ1n) is 5.74. The highest BCUT2D eigenvalue weighted by atomic mass is 35.5. The summed E-state index contributed by atoms with van der Waals surface area (Å²) in [7, 11) is 0. The Bertz CT molecular complexity index is 217. The fraction of sp³-hybridized carbons (Fsp3) is 0.909. The van der Waals surface area contributed by atoms with E-state index in [2.05, 4.69) is 11.3 Å². The molecule has 0 saturated heterocycles. The number of hydrogen-bond donors (Lipinski definition) is 0. The normalized spacial score (nSPS) is 16.9. The van der Waals surface area contributed by atoms with Crippen LogP contribution in [-0.2, 0) is 0 Å². The van der Waals surface area contributed by atoms with Crippen molar-refractivity contribution in [2.45, 2.75) is 56.2 Å². The van der Waals surface area contributed by atoms with E-state index < -0.39 is 4.33 Å². The summed E-state index contributed by atoms with van der Waals surface area (Å²) in [5.74, 6) is 1.03. The molecule has 0 aromatic carbocycles. The van der Waals surface area contributed by atoms with Crippen LogP contribution in [0.5, 0.6) is 0 Å². The molecular weight excluding hydrogens is 249 g/mol. The van der Waals surface area contributed by atoms with E-state index in [1.807, 2.05) is 0 Å². The summed E-state index contributed by atoms with van der Waals surface area (Å²) in [6.07, 6.45) is 8.02. The number of halogens is 2. The zero-order valence-corrected chi connectivity index (χ0v) is 11.6. The Hall–Kier alpha value is 0.600. The van der Waals surface area contributed by atoms with Crippen LogP contribution in [0.25, 0.3) is 0 Å². The topological polar surface area (TPSA) is 12.4 Å². The summed E-state index contributed by atoms with van der Waals surface area (Å²) < 4.78 is 3.59. The Morgan fingerprint density at radius 2 is 2.00 bits per heavy atom. The second-order valence-corrected chi connectivity index (χ2v) is 6.32. The van der Waals surface area contributed by atoms with Gasteiger partial charge in [0, 0.05) is 12.2 Å². The minimum absolute atomic E-state index is 0.699. The molecule has 0 aliphatic carbocycles. The van der Waals surface area contributed by atoms with Gasteiger partial charge in [-0.3, -0.25) is 0 Å². The van der Waals surface area contributed by atoms with E-state index in [0.717, 1.165) is 30.7 Å². The highest BCUT2D eigenvalue weighted by Crippen LogP contribution is 2.35. The number of unbranched alkanes of at least 4 members (excludes halogenated alkanes) is 4. The third kappa shape index (κ3) is 4.97. The maximum Gasteiger partial charge on any atom is 0.156 e. The van der Waals surface area contributed by atoms with Crippen LogP contribution in [0.15, 0.2) is 4.40 Å². The van der Waals surface area contributed by atoms with Gasteiger partial charge >= 0.3 is 0 Å². The van der Waals surface area contributed by atoms with E-state index in [0.29, 0.717) is 0 Å². The summed E-state index contributed by atoms with van der Waals surface area (Å²) in [5.41, 5.74) is 0.978. The largest absolute Gasteiger partial charge is 0.222 e. The summed E-state index contributed by atoms with van der Waals surface area (Å²) in [5, 5.41) is 0. The lowest BCUT2D eigenvalue weighted by atomic mass is 10.1. The Labute approximate surface area is 107 Å². The summed E-state index contributed by atoms with van der Waals surface area (Å²) >= 11 is 14.1. The number of hydrogen-bond acceptors (Lipinski definition) is 2. The van der Waals surface area contributed by atoms with Crippen molar-refractivity contribution in [3.05, 3.63) is 0 Å². The number of nitrogens with zero attached hydrogens (tertiary/aromatic N) is 1. The van der Waals surface area contributed by atoms with Crippen LogP contribution in [0, 0.1) is 0 Å². The van der Waals surface area contributed by atoms with Gasteiger partial charge in [-0.15, -0.1) is 0 Å². The van der Waals surface area contributed by atoms with Crippen molar-refractivity contribution >= 4 is 40.9 Å². The van der Waals surface area contributed by atoms with Gasteiger partial charge in [-0.25, -0.2) is 4.40 Å². The van der Waals surface area contributed by atoms with Gasteiger partial charge in [0.25, 0.3) is 0 Å². The second kappa shape index (κ2) is 7.03. The van der Waals surface area contributed by atoms with Crippen molar-refractivity contribution in [1.29, 1.82) is 0 Å². The van der Waals surface area contributed by atoms with Crippen molar-refractivity contribution < 1.29 is 0 Å². The Kier molecular flexibility index (Phi) is 6.40. The number of alkyl halides is 2. The molecule has 1 nitrogen and oxygen atoms in total. The van der Waals surface area contributed by atoms with Crippen LogP contribution in [0.1, 0.15) is 51.9 Å². The van der Waals surface area contributed by atoms with Crippen LogP contribution in [0.3, 0.4) is 0 Å². The third-order valence-electron chi connectivity index (χ3n) is 2.62. The Morgan fingerprint density at radius 1 is 1.27 bits per heavy atom. The highest BCUT2D eigenvalue weighted by molar-refractivity contribution is 7.98. The molecule has 4 heteroatoms. The van der Waals surface area contributed by atoms with Gasteiger partial charge in [-0.2, -0.15) is 0 Å². The smallest absolute Gasteiger partial charge is 0.156 e. The van der Waals surface area contributed by atoms with Crippen molar-refractivity contribution in [1.82, 2.24) is 0 Å². The Morgan fingerprint density at radius 3 is 2.60 bits per heavy atom. The summed E-state index contributed by atoms with van der Waals surface area (Å²) in [4.78, 5) is 0. The van der Waals surface area contributed by atoms with E-state index >= 15 is 0 Å². The standard InChI is InChI=1S/C11H19Cl2NS/c1-2-3-4-5-6-8-11(12,13)10-7-9-15-14-10/h2-9H2,1H3. The minimum Gasteiger partial charge on any atom is -0.222 e. The van der Waals surface area contributed by atoms with Gasteiger partial charge in [0.05, 0.1) is 5.71 Å². The van der Waals surface area contributed by atoms with Crippen LogP contribution in [-0.4, -0.2) is 15.8 Å². The molecule has 15 heavy (non-hydrogen) atoms. The van der Waals surface area contributed by atoms with Crippen LogP contribution in [0.2, 0.25) is 0 Å². The zero-order chi connectivity index (χ0) is 11.1. The lowest BCUT2D eigenvalue weighted by Crippen LogP contribution is -2.24. The molecule has 88 valence electrons. The molecule has 0 bridgehead atoms. The molecule has 0 aromatic rings. The first kappa shape index (κ1) is 13.7. The van der Waals surface area contributed by atoms with Crippen LogP contribution >= 0.6 is 35.1 Å². The predicted molar refractivity (Wildman–Crippen MR) is 72.3 cm³/mol. The quantitative estimate of drug-likeness (QED) is 0.359. The van der Waals surface area contributed by atoms with Gasteiger partial charge in [-0.1, -0.05) is 62.2 Å². The van der Waals surface area contributed by atoms with Crippen LogP contribution in [0.4, 0.5) is 0 Å². The van der Waals surface area contributed by atoms with Gasteiger partial charge < -0.3 is 0 Å². The monoisotopic (exact) mass is 267 g/mol. The molecular formula is C11H19Cl2NS. The first-order valence-corrected chi connectivity index (χ1v) is 7.44. The molecule has 1 aliphatic rings. The third-order valence-corrected chi connectivity index (χ3v) is 4.17. The highest BCUT2D eigenvalue weighted by Gasteiger charge is 2.31. The lowest BCUT2D eigenvalue weighted by molar-refractivity contribution is 0.607. The molecule has 1 heterocycles.